The number of halogens is 1. The molecule has 2 amide bonds. The summed E-state index contributed by atoms with van der Waals surface area (Å²) in [6, 6.07) is 15.5. The molecule has 1 heterocycles. The molecule has 0 bridgehead atoms. The Bertz CT molecular complexity index is 849. The largest absolute Gasteiger partial charge is 0.366 e. The van der Waals surface area contributed by atoms with Gasteiger partial charge in [0.15, 0.2) is 0 Å². The maximum atomic E-state index is 13.9. The van der Waals surface area contributed by atoms with Crippen LogP contribution in [0.4, 0.5) is 10.1 Å². The molecule has 6 nitrogen and oxygen atoms in total. The molecule has 1 N–H and O–H groups in total. The fourth-order valence-electron chi connectivity index (χ4n) is 3.13. The van der Waals surface area contributed by atoms with E-state index in [1.807, 2.05) is 11.0 Å². The lowest BCUT2D eigenvalue weighted by Crippen LogP contribution is -2.51. The van der Waals surface area contributed by atoms with Gasteiger partial charge in [-0.2, -0.15) is 0 Å². The van der Waals surface area contributed by atoms with Gasteiger partial charge < -0.3 is 15.1 Å². The highest BCUT2D eigenvalue weighted by Gasteiger charge is 2.23. The van der Waals surface area contributed by atoms with E-state index in [0.29, 0.717) is 31.9 Å². The summed E-state index contributed by atoms with van der Waals surface area (Å²) in [6.45, 7) is 1.65. The summed E-state index contributed by atoms with van der Waals surface area (Å²) in [7, 11) is 0. The molecule has 1 fully saturated rings. The smallest absolute Gasteiger partial charge is 0.288 e. The van der Waals surface area contributed by atoms with E-state index in [0.717, 1.165) is 5.56 Å². The van der Waals surface area contributed by atoms with Crippen molar-refractivity contribution in [2.24, 2.45) is 0 Å². The fourth-order valence-corrected chi connectivity index (χ4v) is 3.13. The van der Waals surface area contributed by atoms with Gasteiger partial charge in [0.25, 0.3) is 5.91 Å². The Morgan fingerprint density at radius 2 is 1.54 bits per heavy atom. The number of hydrogen-bond donors (Lipinski definition) is 1. The first-order valence-corrected chi connectivity index (χ1v) is 9.17. The minimum Gasteiger partial charge on any atom is -0.366 e. The van der Waals surface area contributed by atoms with E-state index in [1.54, 1.807) is 47.4 Å². The number of nitrogens with one attached hydrogen (secondary N) is 1. The third kappa shape index (κ3) is 4.94. The van der Waals surface area contributed by atoms with Crippen molar-refractivity contribution in [3.05, 3.63) is 66.0 Å². The van der Waals surface area contributed by atoms with Gasteiger partial charge in [-0.25, -0.2) is 4.39 Å². The third-order valence-electron chi connectivity index (χ3n) is 4.69. The molecule has 28 heavy (non-hydrogen) atoms. The summed E-state index contributed by atoms with van der Waals surface area (Å²) >= 11 is 0. The van der Waals surface area contributed by atoms with Crippen molar-refractivity contribution in [3.8, 4) is 0 Å². The zero-order valence-corrected chi connectivity index (χ0v) is 15.4. The summed E-state index contributed by atoms with van der Waals surface area (Å²) < 4.78 is 13.9. The van der Waals surface area contributed by atoms with Crippen molar-refractivity contribution in [3.63, 3.8) is 0 Å². The minimum absolute atomic E-state index is 0.00216. The molecule has 0 aromatic heterocycles. The normalized spacial score (nSPS) is 13.9. The minimum atomic E-state index is -0.762. The van der Waals surface area contributed by atoms with Crippen molar-refractivity contribution in [2.45, 2.75) is 6.42 Å². The van der Waals surface area contributed by atoms with Crippen LogP contribution < -0.4 is 10.2 Å². The zero-order chi connectivity index (χ0) is 19.9. The van der Waals surface area contributed by atoms with E-state index < -0.39 is 11.7 Å². The number of amides is 2. The molecule has 0 unspecified atom stereocenters. The van der Waals surface area contributed by atoms with E-state index in [2.05, 4.69) is 5.32 Å². The molecule has 3 rings (SSSR count). The molecule has 0 aliphatic carbocycles. The second-order valence-corrected chi connectivity index (χ2v) is 6.59. The van der Waals surface area contributed by atoms with Crippen LogP contribution in [0.15, 0.2) is 54.6 Å². The maximum absolute atomic E-state index is 13.9. The molecule has 0 saturated carbocycles. The van der Waals surface area contributed by atoms with Gasteiger partial charge in [0.1, 0.15) is 5.82 Å². The highest BCUT2D eigenvalue weighted by molar-refractivity contribution is 6.36. The van der Waals surface area contributed by atoms with Gasteiger partial charge in [-0.15, -0.1) is 0 Å². The van der Waals surface area contributed by atoms with E-state index in [9.17, 15) is 18.8 Å². The number of piperazine rings is 1. The highest BCUT2D eigenvalue weighted by Crippen LogP contribution is 2.20. The number of benzene rings is 2. The Labute approximate surface area is 162 Å². The molecule has 2 aromatic carbocycles. The van der Waals surface area contributed by atoms with Gasteiger partial charge in [0.05, 0.1) is 12.2 Å². The maximum Gasteiger partial charge on any atom is 0.288 e. The van der Waals surface area contributed by atoms with Crippen molar-refractivity contribution in [1.29, 1.82) is 0 Å². The molecule has 0 atom stereocenters. The summed E-state index contributed by atoms with van der Waals surface area (Å²) in [4.78, 5) is 39.7. The first-order chi connectivity index (χ1) is 13.5. The molecular weight excluding hydrogens is 361 g/mol. The molecule has 7 heteroatoms. The van der Waals surface area contributed by atoms with Crippen LogP contribution in [0.3, 0.4) is 0 Å². The van der Waals surface area contributed by atoms with Gasteiger partial charge >= 0.3 is 0 Å². The lowest BCUT2D eigenvalue weighted by atomic mass is 10.1. The second-order valence-electron chi connectivity index (χ2n) is 6.59. The highest BCUT2D eigenvalue weighted by atomic mass is 19.1. The Balaban J connectivity index is 1.44. The summed E-state index contributed by atoms with van der Waals surface area (Å²) in [5, 5.41) is 2.40. The van der Waals surface area contributed by atoms with Crippen molar-refractivity contribution in [1.82, 2.24) is 10.2 Å². The van der Waals surface area contributed by atoms with Crippen LogP contribution in [-0.4, -0.2) is 55.2 Å². The number of rotatable bonds is 6. The van der Waals surface area contributed by atoms with Crippen LogP contribution in [-0.2, 0) is 20.8 Å². The van der Waals surface area contributed by atoms with Crippen LogP contribution in [0.5, 0.6) is 0 Å². The number of anilines is 1. The van der Waals surface area contributed by atoms with Crippen LogP contribution >= 0.6 is 0 Å². The van der Waals surface area contributed by atoms with Crippen molar-refractivity contribution in [2.75, 3.05) is 37.6 Å². The average Bonchev–Trinajstić information content (AvgIpc) is 2.73. The Kier molecular flexibility index (Phi) is 6.37. The molecule has 1 saturated heterocycles. The lowest BCUT2D eigenvalue weighted by Gasteiger charge is -2.36. The second kappa shape index (κ2) is 9.12. The topological polar surface area (TPSA) is 69.7 Å². The van der Waals surface area contributed by atoms with Crippen LogP contribution in [0, 0.1) is 5.82 Å². The first-order valence-electron chi connectivity index (χ1n) is 9.17. The number of carbonyl (C=O) groups excluding carboxylic acids is 3. The molecule has 0 radical (unpaired) electrons. The number of ketones is 1. The SMILES string of the molecule is O=C(Cc1ccccc1)C(=O)NCC(=O)N1CCN(c2ccccc2F)CC1. The molecule has 1 aliphatic heterocycles. The van der Waals surface area contributed by atoms with Crippen LogP contribution in [0.2, 0.25) is 0 Å². The first kappa shape index (κ1) is 19.5. The quantitative estimate of drug-likeness (QED) is 0.766. The lowest BCUT2D eigenvalue weighted by molar-refractivity contribution is -0.139. The average molecular weight is 383 g/mol. The number of carbonyl (C=O) groups is 3. The van der Waals surface area contributed by atoms with Gasteiger partial charge in [-0.05, 0) is 17.7 Å². The molecule has 1 aliphatic rings. The van der Waals surface area contributed by atoms with E-state index >= 15 is 0 Å². The molecule has 0 spiro atoms. The van der Waals surface area contributed by atoms with Crippen molar-refractivity contribution < 1.29 is 18.8 Å². The Hall–Kier alpha value is -3.22. The van der Waals surface area contributed by atoms with Gasteiger partial charge in [0, 0.05) is 32.6 Å². The van der Waals surface area contributed by atoms with Crippen LogP contribution in [0.1, 0.15) is 5.56 Å². The van der Waals surface area contributed by atoms with Crippen molar-refractivity contribution >= 4 is 23.3 Å². The van der Waals surface area contributed by atoms with Gasteiger partial charge in [0.2, 0.25) is 11.7 Å². The number of nitrogens with zero attached hydrogens (tertiary/aromatic N) is 2. The van der Waals surface area contributed by atoms with Gasteiger partial charge in [-0.1, -0.05) is 42.5 Å². The predicted molar refractivity (Wildman–Crippen MR) is 103 cm³/mol. The Morgan fingerprint density at radius 1 is 0.893 bits per heavy atom. The summed E-state index contributed by atoms with van der Waals surface area (Å²) in [5.41, 5.74) is 1.27. The number of hydrogen-bond acceptors (Lipinski definition) is 4. The Morgan fingerprint density at radius 3 is 2.21 bits per heavy atom. The molecular formula is C21H22FN3O3. The third-order valence-corrected chi connectivity index (χ3v) is 4.69. The zero-order valence-electron chi connectivity index (χ0n) is 15.4. The summed E-state index contributed by atoms with van der Waals surface area (Å²) in [6.07, 6.45) is 0.00216. The van der Waals surface area contributed by atoms with E-state index in [1.165, 1.54) is 6.07 Å². The fraction of sp³-hybridized carbons (Fsp3) is 0.286. The van der Waals surface area contributed by atoms with E-state index in [4.69, 9.17) is 0 Å². The van der Waals surface area contributed by atoms with Gasteiger partial charge in [-0.3, -0.25) is 14.4 Å². The standard InChI is InChI=1S/C21H22FN3O3/c22-17-8-4-5-9-18(17)24-10-12-25(13-11-24)20(27)15-23-21(28)19(26)14-16-6-2-1-3-7-16/h1-9H,10-15H2,(H,23,28). The monoisotopic (exact) mass is 383 g/mol. The molecule has 146 valence electrons. The predicted octanol–water partition coefficient (Wildman–Crippen LogP) is 1.40. The van der Waals surface area contributed by atoms with Crippen LogP contribution in [0.25, 0.3) is 0 Å². The number of Topliss-reactive ketones (excluding diaryl/α,β-unsaturated/α-hetero) is 1. The van der Waals surface area contributed by atoms with E-state index in [-0.39, 0.29) is 24.7 Å². The summed E-state index contributed by atoms with van der Waals surface area (Å²) in [5.74, 6) is -1.88. The molecule has 2 aromatic rings. The number of para-hydroxylation sites is 1.